The van der Waals surface area contributed by atoms with Gasteiger partial charge < -0.3 is 14.3 Å². The molecule has 0 bridgehead atoms. The van der Waals surface area contributed by atoms with Gasteiger partial charge in [0.25, 0.3) is 0 Å². The number of oxazole rings is 1. The van der Waals surface area contributed by atoms with Crippen molar-refractivity contribution in [1.82, 2.24) is 9.29 Å². The molecule has 0 saturated carbocycles. The van der Waals surface area contributed by atoms with E-state index >= 15 is 0 Å². The molecule has 226 valence electrons. The first-order chi connectivity index (χ1) is 20.4. The number of carboxylic acids is 1. The second-order valence-electron chi connectivity index (χ2n) is 9.96. The number of anilines is 1. The third kappa shape index (κ3) is 6.83. The lowest BCUT2D eigenvalue weighted by Gasteiger charge is -2.28. The summed E-state index contributed by atoms with van der Waals surface area (Å²) < 4.78 is 79.1. The number of hydrogen-bond donors (Lipinski definition) is 1. The second kappa shape index (κ2) is 12.1. The third-order valence-corrected chi connectivity index (χ3v) is 8.85. The lowest BCUT2D eigenvalue weighted by molar-refractivity contribution is -0.138. The van der Waals surface area contributed by atoms with Crippen molar-refractivity contribution >= 4 is 21.9 Å². The fourth-order valence-corrected chi connectivity index (χ4v) is 6.42. The summed E-state index contributed by atoms with van der Waals surface area (Å²) in [6.07, 6.45) is -3.51. The highest BCUT2D eigenvalue weighted by Crippen LogP contribution is 2.33. The molecule has 1 N–H and O–H groups in total. The normalized spacial score (nSPS) is 13.4. The van der Waals surface area contributed by atoms with Crippen LogP contribution in [-0.4, -0.2) is 48.5 Å². The number of carbonyl (C=O) groups is 1. The highest BCUT2D eigenvalue weighted by Gasteiger charge is 2.35. The number of nitrogens with zero attached hydrogens (tertiary/aromatic N) is 3. The minimum Gasteiger partial charge on any atom is -0.493 e. The maximum atomic E-state index is 13.5. The first kappa shape index (κ1) is 30.1. The quantitative estimate of drug-likeness (QED) is 0.238. The molecule has 9 nitrogen and oxygen atoms in total. The molecule has 0 aliphatic carbocycles. The maximum Gasteiger partial charge on any atom is 0.416 e. The van der Waals surface area contributed by atoms with Crippen molar-refractivity contribution < 1.29 is 40.6 Å². The van der Waals surface area contributed by atoms with Crippen LogP contribution in [0.1, 0.15) is 28.1 Å². The number of aliphatic carboxylic acids is 1. The zero-order valence-corrected chi connectivity index (χ0v) is 23.9. The Labute approximate surface area is 246 Å². The van der Waals surface area contributed by atoms with E-state index in [4.69, 9.17) is 9.15 Å². The lowest BCUT2D eigenvalue weighted by Crippen LogP contribution is -2.45. The molecular formula is C30H28F3N3O6S. The molecule has 0 saturated heterocycles. The largest absolute Gasteiger partial charge is 0.493 e. The monoisotopic (exact) mass is 615 g/mol. The average Bonchev–Trinajstić information content (AvgIpc) is 3.57. The zero-order valence-electron chi connectivity index (χ0n) is 23.0. The Hall–Kier alpha value is -4.36. The van der Waals surface area contributed by atoms with Crippen LogP contribution in [-0.2, 0) is 40.6 Å². The van der Waals surface area contributed by atoms with Crippen LogP contribution in [0.15, 0.2) is 77.2 Å². The SMILES string of the molecule is Cc1oc(-c2ccc(C(F)(F)F)cc2)nc1CCOc1ccc(CN(CC(=O)O)S(=O)(=O)N2CCc3ccccc32)cc1. The Morgan fingerprint density at radius 1 is 1.07 bits per heavy atom. The van der Waals surface area contributed by atoms with Crippen LogP contribution in [0, 0.1) is 6.92 Å². The number of benzene rings is 3. The van der Waals surface area contributed by atoms with Crippen LogP contribution in [0.5, 0.6) is 5.75 Å². The van der Waals surface area contributed by atoms with E-state index in [9.17, 15) is 31.5 Å². The Morgan fingerprint density at radius 2 is 1.77 bits per heavy atom. The average molecular weight is 616 g/mol. The molecule has 3 aromatic carbocycles. The molecule has 5 rings (SSSR count). The van der Waals surface area contributed by atoms with Crippen molar-refractivity contribution in [2.75, 3.05) is 24.0 Å². The predicted molar refractivity (Wildman–Crippen MR) is 152 cm³/mol. The lowest BCUT2D eigenvalue weighted by atomic mass is 10.1. The minimum absolute atomic E-state index is 0.140. The summed E-state index contributed by atoms with van der Waals surface area (Å²) in [5.74, 6) is -0.0207. The Morgan fingerprint density at radius 3 is 2.44 bits per heavy atom. The molecule has 0 amide bonds. The molecule has 1 aliphatic rings. The first-order valence-corrected chi connectivity index (χ1v) is 14.7. The summed E-state index contributed by atoms with van der Waals surface area (Å²) in [6, 6.07) is 18.4. The number of ether oxygens (including phenoxy) is 1. The van der Waals surface area contributed by atoms with Crippen molar-refractivity contribution in [1.29, 1.82) is 0 Å². The molecule has 0 fully saturated rings. The number of rotatable bonds is 11. The molecular weight excluding hydrogens is 587 g/mol. The number of halogens is 3. The van der Waals surface area contributed by atoms with Crippen LogP contribution in [0.25, 0.3) is 11.5 Å². The van der Waals surface area contributed by atoms with Gasteiger partial charge in [0.15, 0.2) is 0 Å². The topological polar surface area (TPSA) is 113 Å². The van der Waals surface area contributed by atoms with Crippen molar-refractivity contribution in [3.8, 4) is 17.2 Å². The fraction of sp³-hybridized carbons (Fsp3) is 0.267. The van der Waals surface area contributed by atoms with Gasteiger partial charge in [0.2, 0.25) is 5.89 Å². The molecule has 0 radical (unpaired) electrons. The van der Waals surface area contributed by atoms with Gasteiger partial charge in [-0.05, 0) is 66.9 Å². The van der Waals surface area contributed by atoms with E-state index < -0.39 is 34.5 Å². The Balaban J connectivity index is 1.20. The number of aromatic nitrogens is 1. The van der Waals surface area contributed by atoms with Gasteiger partial charge >= 0.3 is 22.4 Å². The van der Waals surface area contributed by atoms with Crippen LogP contribution in [0.2, 0.25) is 0 Å². The van der Waals surface area contributed by atoms with Crippen LogP contribution in [0.4, 0.5) is 18.9 Å². The van der Waals surface area contributed by atoms with Crippen LogP contribution < -0.4 is 9.04 Å². The van der Waals surface area contributed by atoms with Crippen molar-refractivity contribution in [2.45, 2.75) is 32.5 Å². The number of carboxylic acid groups (broad SMARTS) is 1. The van der Waals surface area contributed by atoms with E-state index in [0.717, 1.165) is 22.0 Å². The molecule has 4 aromatic rings. The third-order valence-electron chi connectivity index (χ3n) is 7.00. The van der Waals surface area contributed by atoms with Gasteiger partial charge in [-0.2, -0.15) is 25.9 Å². The standard InChI is InChI=1S/C30H28F3N3O6S/c1-20-26(34-29(42-20)23-8-10-24(11-9-23)30(31,32)33)15-17-41-25-12-6-21(7-13-25)18-35(19-28(37)38)43(39,40)36-16-14-22-4-2-3-5-27(22)36/h2-13H,14-19H2,1H3,(H,37,38). The molecule has 0 unspecified atom stereocenters. The van der Waals surface area contributed by atoms with Gasteiger partial charge in [0.1, 0.15) is 18.1 Å². The van der Waals surface area contributed by atoms with Gasteiger partial charge in [0, 0.05) is 25.1 Å². The van der Waals surface area contributed by atoms with E-state index in [2.05, 4.69) is 4.98 Å². The molecule has 0 spiro atoms. The molecule has 43 heavy (non-hydrogen) atoms. The van der Waals surface area contributed by atoms with Gasteiger partial charge in [-0.1, -0.05) is 30.3 Å². The van der Waals surface area contributed by atoms with Gasteiger partial charge in [0.05, 0.1) is 23.6 Å². The van der Waals surface area contributed by atoms with Gasteiger partial charge in [-0.15, -0.1) is 0 Å². The van der Waals surface area contributed by atoms with Crippen molar-refractivity contribution in [3.63, 3.8) is 0 Å². The summed E-state index contributed by atoms with van der Waals surface area (Å²) in [7, 11) is -4.10. The molecule has 1 aromatic heterocycles. The molecule has 13 heteroatoms. The van der Waals surface area contributed by atoms with E-state index in [1.54, 1.807) is 43.3 Å². The van der Waals surface area contributed by atoms with Gasteiger partial charge in [-0.25, -0.2) is 4.98 Å². The van der Waals surface area contributed by atoms with Crippen molar-refractivity contribution in [2.24, 2.45) is 0 Å². The van der Waals surface area contributed by atoms with Crippen LogP contribution in [0.3, 0.4) is 0 Å². The Kier molecular flexibility index (Phi) is 8.47. The summed E-state index contributed by atoms with van der Waals surface area (Å²) in [5.41, 5.74) is 2.29. The number of hydrogen-bond acceptors (Lipinski definition) is 6. The first-order valence-electron chi connectivity index (χ1n) is 13.3. The van der Waals surface area contributed by atoms with Gasteiger partial charge in [-0.3, -0.25) is 9.10 Å². The van der Waals surface area contributed by atoms with E-state index in [0.29, 0.717) is 46.9 Å². The number of aryl methyl sites for hydroxylation is 1. The second-order valence-corrected chi connectivity index (χ2v) is 11.8. The fourth-order valence-electron chi connectivity index (χ4n) is 4.80. The minimum atomic E-state index is -4.43. The molecule has 1 aliphatic heterocycles. The number of alkyl halides is 3. The highest BCUT2D eigenvalue weighted by atomic mass is 32.2. The summed E-state index contributed by atoms with van der Waals surface area (Å²) in [5, 5.41) is 9.43. The predicted octanol–water partition coefficient (Wildman–Crippen LogP) is 5.48. The highest BCUT2D eigenvalue weighted by molar-refractivity contribution is 7.90. The molecule has 2 heterocycles. The maximum absolute atomic E-state index is 13.5. The summed E-state index contributed by atoms with van der Waals surface area (Å²) >= 11 is 0. The zero-order chi connectivity index (χ0) is 30.8. The smallest absolute Gasteiger partial charge is 0.416 e. The van der Waals surface area contributed by atoms with Crippen LogP contribution >= 0.6 is 0 Å². The van der Waals surface area contributed by atoms with E-state index in [-0.39, 0.29) is 25.6 Å². The summed E-state index contributed by atoms with van der Waals surface area (Å²) in [6.45, 7) is 1.35. The van der Waals surface area contributed by atoms with E-state index in [1.807, 2.05) is 12.1 Å². The number of fused-ring (bicyclic) bond motifs is 1. The van der Waals surface area contributed by atoms with Crippen molar-refractivity contribution in [3.05, 3.63) is 101 Å². The number of para-hydroxylation sites is 1. The van der Waals surface area contributed by atoms with E-state index in [1.165, 1.54) is 16.4 Å². The summed E-state index contributed by atoms with van der Waals surface area (Å²) in [4.78, 5) is 16.0. The molecule has 0 atom stereocenters. The Bertz CT molecular complexity index is 1700.